The molecule has 126 valence electrons. The van der Waals surface area contributed by atoms with Crippen molar-refractivity contribution in [3.05, 3.63) is 0 Å². The normalized spacial score (nSPS) is 50.5. The van der Waals surface area contributed by atoms with Crippen LogP contribution in [0.1, 0.15) is 46.0 Å². The van der Waals surface area contributed by atoms with E-state index < -0.39 is 0 Å². The van der Waals surface area contributed by atoms with E-state index in [1.165, 1.54) is 0 Å². The van der Waals surface area contributed by atoms with Gasteiger partial charge in [0.05, 0.1) is 18.7 Å². The fourth-order valence-electron chi connectivity index (χ4n) is 5.82. The third-order valence-corrected chi connectivity index (χ3v) is 7.01. The van der Waals surface area contributed by atoms with Crippen LogP contribution in [-0.4, -0.2) is 46.2 Å². The predicted molar refractivity (Wildman–Crippen MR) is 85.2 cm³/mol. The largest absolute Gasteiger partial charge is 0.393 e. The smallest absolute Gasteiger partial charge is 0.237 e. The average molecular weight is 317 g/mol. The standard InChI is InChI=1S/C18H27N3O2/c1-10-15-5-13(8-19)21(17(10)15)16(23)9-20-18(2)6-11-3-14(22)4-12(11)7-18/h10-15,17,20,22H,3-7,9H2,1-2H3/t10-,11-,12+,13-,14-,15?,17?,18-/m0/s1. The zero-order chi connectivity index (χ0) is 16.4. The molecule has 0 bridgehead atoms. The van der Waals surface area contributed by atoms with Crippen LogP contribution in [0.25, 0.3) is 0 Å². The van der Waals surface area contributed by atoms with Crippen molar-refractivity contribution in [2.24, 2.45) is 23.7 Å². The fraction of sp³-hybridized carbons (Fsp3) is 0.889. The molecule has 0 aromatic carbocycles. The Morgan fingerprint density at radius 1 is 1.35 bits per heavy atom. The molecule has 5 nitrogen and oxygen atoms in total. The van der Waals surface area contributed by atoms with E-state index in [2.05, 4.69) is 25.2 Å². The van der Waals surface area contributed by atoms with Crippen LogP contribution in [0.5, 0.6) is 0 Å². The summed E-state index contributed by atoms with van der Waals surface area (Å²) in [4.78, 5) is 14.5. The number of nitriles is 1. The number of carbonyl (C=O) groups is 1. The molecule has 2 unspecified atom stereocenters. The monoisotopic (exact) mass is 317 g/mol. The molecule has 8 atom stereocenters. The molecule has 5 heteroatoms. The number of carbonyl (C=O) groups excluding carboxylic acids is 1. The van der Waals surface area contributed by atoms with E-state index in [4.69, 9.17) is 0 Å². The summed E-state index contributed by atoms with van der Waals surface area (Å²) in [6.07, 6.45) is 4.66. The molecule has 0 radical (unpaired) electrons. The van der Waals surface area contributed by atoms with E-state index in [1.54, 1.807) is 0 Å². The number of nitrogens with zero attached hydrogens (tertiary/aromatic N) is 2. The van der Waals surface area contributed by atoms with Gasteiger partial charge in [-0.05, 0) is 62.7 Å². The Morgan fingerprint density at radius 2 is 2.00 bits per heavy atom. The first-order chi connectivity index (χ1) is 10.9. The van der Waals surface area contributed by atoms with E-state index in [1.807, 2.05) is 4.90 Å². The van der Waals surface area contributed by atoms with Crippen molar-refractivity contribution in [3.8, 4) is 6.07 Å². The van der Waals surface area contributed by atoms with Crippen molar-refractivity contribution >= 4 is 5.91 Å². The van der Waals surface area contributed by atoms with Crippen LogP contribution in [0.4, 0.5) is 0 Å². The van der Waals surface area contributed by atoms with Crippen molar-refractivity contribution in [2.45, 2.75) is 69.7 Å². The topological polar surface area (TPSA) is 76.4 Å². The van der Waals surface area contributed by atoms with Gasteiger partial charge in [0.15, 0.2) is 0 Å². The molecular formula is C18H27N3O2. The highest BCUT2D eigenvalue weighted by Crippen LogP contribution is 2.53. The Morgan fingerprint density at radius 3 is 2.61 bits per heavy atom. The fourth-order valence-corrected chi connectivity index (χ4v) is 5.82. The maximum absolute atomic E-state index is 12.7. The summed E-state index contributed by atoms with van der Waals surface area (Å²) >= 11 is 0. The molecule has 1 aliphatic heterocycles. The van der Waals surface area contributed by atoms with Gasteiger partial charge in [0.1, 0.15) is 6.04 Å². The molecule has 4 aliphatic rings. The maximum Gasteiger partial charge on any atom is 0.237 e. The number of amides is 1. The van der Waals surface area contributed by atoms with Gasteiger partial charge in [-0.3, -0.25) is 4.79 Å². The quantitative estimate of drug-likeness (QED) is 0.822. The first kappa shape index (κ1) is 15.4. The number of piperidine rings is 1. The lowest BCUT2D eigenvalue weighted by atomic mass is 9.95. The van der Waals surface area contributed by atoms with E-state index >= 15 is 0 Å². The van der Waals surface area contributed by atoms with Crippen LogP contribution < -0.4 is 5.32 Å². The molecule has 1 heterocycles. The Hall–Kier alpha value is -1.12. The highest BCUT2D eigenvalue weighted by atomic mass is 16.3. The van der Waals surface area contributed by atoms with Gasteiger partial charge in [-0.2, -0.15) is 5.26 Å². The van der Waals surface area contributed by atoms with Crippen LogP contribution >= 0.6 is 0 Å². The number of likely N-dealkylation sites (tertiary alicyclic amines) is 1. The van der Waals surface area contributed by atoms with E-state index in [0.29, 0.717) is 36.3 Å². The highest BCUT2D eigenvalue weighted by Gasteiger charge is 2.60. The molecule has 2 N–H and O–H groups in total. The molecular weight excluding hydrogens is 290 g/mol. The average Bonchev–Trinajstić information content (AvgIpc) is 2.85. The summed E-state index contributed by atoms with van der Waals surface area (Å²) in [5.74, 6) is 2.40. The minimum Gasteiger partial charge on any atom is -0.393 e. The van der Waals surface area contributed by atoms with Crippen LogP contribution in [0, 0.1) is 35.0 Å². The van der Waals surface area contributed by atoms with Gasteiger partial charge in [-0.15, -0.1) is 0 Å². The summed E-state index contributed by atoms with van der Waals surface area (Å²) in [5.41, 5.74) is 0.00155. The van der Waals surface area contributed by atoms with Crippen molar-refractivity contribution in [1.29, 1.82) is 5.26 Å². The number of hydrogen-bond donors (Lipinski definition) is 2. The number of aliphatic hydroxyl groups is 1. The molecule has 4 rings (SSSR count). The van der Waals surface area contributed by atoms with Gasteiger partial charge in [-0.1, -0.05) is 6.92 Å². The summed E-state index contributed by atoms with van der Waals surface area (Å²) in [6, 6.07) is 2.39. The van der Waals surface area contributed by atoms with Crippen molar-refractivity contribution < 1.29 is 9.90 Å². The van der Waals surface area contributed by atoms with E-state index in [-0.39, 0.29) is 23.6 Å². The number of fused-ring (bicyclic) bond motifs is 2. The third kappa shape index (κ3) is 2.47. The van der Waals surface area contributed by atoms with E-state index in [0.717, 1.165) is 32.1 Å². The molecule has 3 aliphatic carbocycles. The number of hydrogen-bond acceptors (Lipinski definition) is 4. The molecule has 0 spiro atoms. The van der Waals surface area contributed by atoms with Gasteiger partial charge in [0, 0.05) is 11.6 Å². The van der Waals surface area contributed by atoms with Gasteiger partial charge < -0.3 is 15.3 Å². The Kier molecular flexibility index (Phi) is 3.48. The van der Waals surface area contributed by atoms with Gasteiger partial charge in [0.2, 0.25) is 5.91 Å². The Labute approximate surface area is 138 Å². The summed E-state index contributed by atoms with van der Waals surface area (Å²) in [5, 5.41) is 22.6. The lowest BCUT2D eigenvalue weighted by molar-refractivity contribution is -0.131. The minimum atomic E-state index is -0.221. The SMILES string of the molecule is C[C@H]1C2C[C@@H](C#N)N(C(=O)CN[C@]3(C)C[C@H]4C[C@@H](O)C[C@H]4C3)C21. The second-order valence-electron chi connectivity index (χ2n) is 8.66. The lowest BCUT2D eigenvalue weighted by Crippen LogP contribution is -2.49. The molecule has 1 amide bonds. The Bertz CT molecular complexity index is 543. The van der Waals surface area contributed by atoms with Crippen LogP contribution in [0.2, 0.25) is 0 Å². The first-order valence-electron chi connectivity index (χ1n) is 9.06. The maximum atomic E-state index is 12.7. The third-order valence-electron chi connectivity index (χ3n) is 7.01. The van der Waals surface area contributed by atoms with Crippen molar-refractivity contribution in [2.75, 3.05) is 6.54 Å². The Balaban J connectivity index is 1.34. The zero-order valence-corrected chi connectivity index (χ0v) is 14.0. The summed E-state index contributed by atoms with van der Waals surface area (Å²) in [6.45, 7) is 4.73. The molecule has 3 saturated carbocycles. The highest BCUT2D eigenvalue weighted by molar-refractivity contribution is 5.80. The zero-order valence-electron chi connectivity index (χ0n) is 14.0. The summed E-state index contributed by atoms with van der Waals surface area (Å²) < 4.78 is 0. The second-order valence-corrected chi connectivity index (χ2v) is 8.66. The number of nitrogens with one attached hydrogen (secondary N) is 1. The molecule has 1 saturated heterocycles. The van der Waals surface area contributed by atoms with Crippen LogP contribution in [0.3, 0.4) is 0 Å². The molecule has 0 aromatic rings. The first-order valence-corrected chi connectivity index (χ1v) is 9.06. The lowest BCUT2D eigenvalue weighted by Gasteiger charge is -2.30. The van der Waals surface area contributed by atoms with Gasteiger partial charge >= 0.3 is 0 Å². The predicted octanol–water partition coefficient (Wildman–Crippen LogP) is 1.27. The minimum absolute atomic E-state index is 0.00155. The molecule has 23 heavy (non-hydrogen) atoms. The van der Waals surface area contributed by atoms with E-state index in [9.17, 15) is 15.2 Å². The van der Waals surface area contributed by atoms with Gasteiger partial charge in [0.25, 0.3) is 0 Å². The van der Waals surface area contributed by atoms with Crippen LogP contribution in [0.15, 0.2) is 0 Å². The van der Waals surface area contributed by atoms with Crippen molar-refractivity contribution in [3.63, 3.8) is 0 Å². The number of aliphatic hydroxyl groups excluding tert-OH is 1. The summed E-state index contributed by atoms with van der Waals surface area (Å²) in [7, 11) is 0. The van der Waals surface area contributed by atoms with Crippen LogP contribution in [-0.2, 0) is 4.79 Å². The second kappa shape index (κ2) is 5.19. The molecule has 0 aromatic heterocycles. The molecule has 4 fully saturated rings. The van der Waals surface area contributed by atoms with Crippen molar-refractivity contribution in [1.82, 2.24) is 10.2 Å². The number of rotatable bonds is 3. The van der Waals surface area contributed by atoms with Gasteiger partial charge in [-0.25, -0.2) is 0 Å².